The second-order valence-corrected chi connectivity index (χ2v) is 12.3. The number of aryl methyl sites for hydroxylation is 1. The summed E-state index contributed by atoms with van der Waals surface area (Å²) in [5, 5.41) is 2.23. The Kier molecular flexibility index (Phi) is 6.54. The molecule has 5 aromatic rings. The van der Waals surface area contributed by atoms with Gasteiger partial charge in [-0.15, -0.1) is 11.3 Å². The Labute approximate surface area is 241 Å². The molecule has 2 bridgehead atoms. The van der Waals surface area contributed by atoms with E-state index in [0.717, 1.165) is 34.9 Å². The summed E-state index contributed by atoms with van der Waals surface area (Å²) >= 11 is 1.72. The summed E-state index contributed by atoms with van der Waals surface area (Å²) in [6.45, 7) is 3.82. The van der Waals surface area contributed by atoms with E-state index in [-0.39, 0.29) is 29.3 Å². The predicted molar refractivity (Wildman–Crippen MR) is 158 cm³/mol. The van der Waals surface area contributed by atoms with Gasteiger partial charge in [-0.1, -0.05) is 12.1 Å². The fourth-order valence-corrected chi connectivity index (χ4v) is 7.35. The summed E-state index contributed by atoms with van der Waals surface area (Å²) in [7, 11) is 1.47. The van der Waals surface area contributed by atoms with Crippen molar-refractivity contribution in [2.75, 3.05) is 18.6 Å². The van der Waals surface area contributed by atoms with Crippen LogP contribution < -0.4 is 9.64 Å². The lowest BCUT2D eigenvalue weighted by atomic mass is 9.99. The summed E-state index contributed by atoms with van der Waals surface area (Å²) in [6, 6.07) is 13.1. The molecule has 1 aliphatic heterocycles. The van der Waals surface area contributed by atoms with Crippen LogP contribution in [0.25, 0.3) is 22.3 Å². The van der Waals surface area contributed by atoms with Gasteiger partial charge in [-0.25, -0.2) is 19.3 Å². The number of fused-ring (bicyclic) bond motifs is 3. The Morgan fingerprint density at radius 3 is 2.80 bits per heavy atom. The van der Waals surface area contributed by atoms with Crippen molar-refractivity contribution in [3.8, 4) is 17.1 Å². The van der Waals surface area contributed by atoms with E-state index in [9.17, 15) is 9.18 Å². The number of aromatic nitrogens is 4. The molecule has 1 saturated carbocycles. The Bertz CT molecular complexity index is 1780. The van der Waals surface area contributed by atoms with Gasteiger partial charge in [0.25, 0.3) is 0 Å². The second kappa shape index (κ2) is 10.4. The van der Waals surface area contributed by atoms with Crippen LogP contribution in [0.5, 0.6) is 5.75 Å². The lowest BCUT2D eigenvalue weighted by Gasteiger charge is -2.32. The van der Waals surface area contributed by atoms with Crippen molar-refractivity contribution >= 4 is 33.7 Å². The van der Waals surface area contributed by atoms with Crippen molar-refractivity contribution in [3.05, 3.63) is 88.0 Å². The van der Waals surface area contributed by atoms with Crippen molar-refractivity contribution in [3.63, 3.8) is 0 Å². The number of methoxy groups -OCH3 is 1. The molecule has 2 aliphatic rings. The number of carbonyl (C=O) groups excluding carboxylic acids is 1. The normalized spacial score (nSPS) is 18.0. The van der Waals surface area contributed by atoms with E-state index in [1.54, 1.807) is 29.5 Å². The van der Waals surface area contributed by atoms with E-state index in [1.807, 2.05) is 13.1 Å². The Morgan fingerprint density at radius 1 is 1.15 bits per heavy atom. The predicted octanol–water partition coefficient (Wildman–Crippen LogP) is 6.47. The van der Waals surface area contributed by atoms with Crippen molar-refractivity contribution < 1.29 is 13.9 Å². The third kappa shape index (κ3) is 4.68. The molecule has 208 valence electrons. The maximum Gasteiger partial charge on any atom is 0.185 e. The lowest BCUT2D eigenvalue weighted by Crippen LogP contribution is -2.33. The van der Waals surface area contributed by atoms with Gasteiger partial charge in [-0.3, -0.25) is 4.79 Å². The average molecular weight is 568 g/mol. The first-order chi connectivity index (χ1) is 20.0. The molecule has 9 heteroatoms. The summed E-state index contributed by atoms with van der Waals surface area (Å²) in [4.78, 5) is 30.6. The van der Waals surface area contributed by atoms with Crippen LogP contribution in [0.2, 0.25) is 0 Å². The smallest absolute Gasteiger partial charge is 0.185 e. The molecule has 7 nitrogen and oxygen atoms in total. The molecule has 1 aliphatic carbocycles. The zero-order valence-corrected chi connectivity index (χ0v) is 23.8. The number of thiazole rings is 1. The standard InChI is InChI=1S/C32H30FN5O2S/c1-19-35-16-23(41-19)18-37-13-11-24-27(37)9-7-21(31(24)38-17-20-6-8-22(38)14-20)15-28(39)26-10-12-34-32(36-26)30-25(33)4-3-5-29(30)40-2/h3-5,7,9-13,16,20,22H,6,8,14-15,17-18H2,1-2H3/t20-,22+/m0/s1. The van der Waals surface area contributed by atoms with E-state index in [2.05, 4.69) is 48.8 Å². The highest BCUT2D eigenvalue weighted by molar-refractivity contribution is 7.11. The zero-order chi connectivity index (χ0) is 28.1. The van der Waals surface area contributed by atoms with Crippen LogP contribution in [-0.4, -0.2) is 45.0 Å². The summed E-state index contributed by atoms with van der Waals surface area (Å²) < 4.78 is 22.3. The van der Waals surface area contributed by atoms with Gasteiger partial charge in [0.2, 0.25) is 0 Å². The quantitative estimate of drug-likeness (QED) is 0.200. The molecular weight excluding hydrogens is 537 g/mol. The van der Waals surface area contributed by atoms with Gasteiger partial charge in [-0.05, 0) is 68.0 Å². The highest BCUT2D eigenvalue weighted by Gasteiger charge is 2.39. The number of ether oxygens (including phenoxy) is 1. The summed E-state index contributed by atoms with van der Waals surface area (Å²) in [6.07, 6.45) is 9.48. The van der Waals surface area contributed by atoms with Crippen molar-refractivity contribution in [2.45, 2.75) is 45.2 Å². The van der Waals surface area contributed by atoms with Crippen LogP contribution in [0, 0.1) is 18.7 Å². The molecule has 2 atom stereocenters. The highest BCUT2D eigenvalue weighted by atomic mass is 32.1. The number of ketones is 1. The van der Waals surface area contributed by atoms with Crippen molar-refractivity contribution in [2.24, 2.45) is 5.92 Å². The number of nitrogens with zero attached hydrogens (tertiary/aromatic N) is 5. The maximum atomic E-state index is 14.7. The lowest BCUT2D eigenvalue weighted by molar-refractivity contribution is 0.0988. The van der Waals surface area contributed by atoms with Crippen LogP contribution in [0.1, 0.15) is 45.2 Å². The summed E-state index contributed by atoms with van der Waals surface area (Å²) in [5.41, 5.74) is 3.71. The molecule has 1 saturated heterocycles. The number of Topliss-reactive ketones (excluding diaryl/α,β-unsaturated/α-hetero) is 1. The van der Waals surface area contributed by atoms with Gasteiger partial charge in [0.15, 0.2) is 11.6 Å². The van der Waals surface area contributed by atoms with Crippen molar-refractivity contribution in [1.82, 2.24) is 19.5 Å². The maximum absolute atomic E-state index is 14.7. The van der Waals surface area contributed by atoms with Gasteiger partial charge in [-0.2, -0.15) is 0 Å². The van der Waals surface area contributed by atoms with E-state index in [1.165, 1.54) is 48.9 Å². The number of rotatable bonds is 8. The number of hydrogen-bond acceptors (Lipinski definition) is 7. The van der Waals surface area contributed by atoms with E-state index >= 15 is 0 Å². The summed E-state index contributed by atoms with van der Waals surface area (Å²) in [5.74, 6) is 0.539. The molecule has 2 fully saturated rings. The largest absolute Gasteiger partial charge is 0.496 e. The zero-order valence-electron chi connectivity index (χ0n) is 23.0. The van der Waals surface area contributed by atoms with E-state index < -0.39 is 5.82 Å². The minimum absolute atomic E-state index is 0.131. The Morgan fingerprint density at radius 2 is 2.05 bits per heavy atom. The molecule has 41 heavy (non-hydrogen) atoms. The average Bonchev–Trinajstić information content (AvgIpc) is 3.79. The Hall–Kier alpha value is -4.11. The molecule has 0 unspecified atom stereocenters. The third-order valence-electron chi connectivity index (χ3n) is 8.41. The number of anilines is 1. The topological polar surface area (TPSA) is 73.1 Å². The minimum atomic E-state index is -0.497. The van der Waals surface area contributed by atoms with Crippen LogP contribution in [0.3, 0.4) is 0 Å². The van der Waals surface area contributed by atoms with Gasteiger partial charge in [0, 0.05) is 47.9 Å². The molecular formula is C32H30FN5O2S. The Balaban J connectivity index is 1.25. The molecule has 0 spiro atoms. The molecule has 4 heterocycles. The molecule has 3 aromatic heterocycles. The fraction of sp³-hybridized carbons (Fsp3) is 0.312. The molecule has 2 aromatic carbocycles. The van der Waals surface area contributed by atoms with Crippen LogP contribution in [0.4, 0.5) is 10.1 Å². The van der Waals surface area contributed by atoms with Crippen LogP contribution in [-0.2, 0) is 13.0 Å². The number of piperidine rings is 1. The third-order valence-corrected chi connectivity index (χ3v) is 9.31. The van der Waals surface area contributed by atoms with Gasteiger partial charge >= 0.3 is 0 Å². The molecule has 0 radical (unpaired) electrons. The first-order valence-corrected chi connectivity index (χ1v) is 14.8. The number of halogens is 1. The number of benzene rings is 2. The van der Waals surface area contributed by atoms with Crippen molar-refractivity contribution in [1.29, 1.82) is 0 Å². The SMILES string of the molecule is COc1cccc(F)c1-c1nccc(C(=O)Cc2ccc3c(ccn3Cc3cnc(C)s3)c2N2C[C@H]3CC[C@@H]2C3)n1. The first kappa shape index (κ1) is 25.8. The van der Waals surface area contributed by atoms with Gasteiger partial charge in [0.05, 0.1) is 35.4 Å². The second-order valence-electron chi connectivity index (χ2n) is 11.0. The molecule has 7 rings (SSSR count). The minimum Gasteiger partial charge on any atom is -0.496 e. The first-order valence-electron chi connectivity index (χ1n) is 14.0. The van der Waals surface area contributed by atoms with Gasteiger partial charge in [0.1, 0.15) is 17.3 Å². The van der Waals surface area contributed by atoms with E-state index in [4.69, 9.17) is 4.74 Å². The molecule has 0 N–H and O–H groups in total. The number of carbonyl (C=O) groups is 1. The van der Waals surface area contributed by atoms with Crippen LogP contribution in [0.15, 0.2) is 61.1 Å². The van der Waals surface area contributed by atoms with Crippen LogP contribution >= 0.6 is 11.3 Å². The van der Waals surface area contributed by atoms with E-state index in [0.29, 0.717) is 17.7 Å². The molecule has 0 amide bonds. The monoisotopic (exact) mass is 567 g/mol. The van der Waals surface area contributed by atoms with Gasteiger partial charge < -0.3 is 14.2 Å². The fourth-order valence-electron chi connectivity index (χ4n) is 6.56. The number of hydrogen-bond donors (Lipinski definition) is 0. The highest BCUT2D eigenvalue weighted by Crippen LogP contribution is 2.44.